The molecule has 0 aliphatic rings. The standard InChI is InChI=1S/C11H12N4O2/c1-7-3-4-8(15(16)17)5-9(7)11-10(12)6-13-14(11)2/h3-6H,12H2,1-2H3. The van der Waals surface area contributed by atoms with E-state index in [0.29, 0.717) is 11.4 Å². The van der Waals surface area contributed by atoms with E-state index in [1.165, 1.54) is 18.3 Å². The van der Waals surface area contributed by atoms with Gasteiger partial charge in [0.1, 0.15) is 0 Å². The maximum absolute atomic E-state index is 10.8. The molecule has 17 heavy (non-hydrogen) atoms. The Balaban J connectivity index is 2.66. The Bertz CT molecular complexity index is 570. The molecule has 0 atom stereocenters. The molecule has 0 unspecified atom stereocenters. The van der Waals surface area contributed by atoms with E-state index in [2.05, 4.69) is 5.10 Å². The van der Waals surface area contributed by atoms with Crippen LogP contribution in [0.5, 0.6) is 0 Å². The molecule has 1 heterocycles. The predicted molar refractivity (Wildman–Crippen MR) is 64.4 cm³/mol. The summed E-state index contributed by atoms with van der Waals surface area (Å²) in [6.45, 7) is 1.88. The van der Waals surface area contributed by atoms with E-state index in [1.807, 2.05) is 6.92 Å². The van der Waals surface area contributed by atoms with Crippen LogP contribution in [-0.4, -0.2) is 14.7 Å². The van der Waals surface area contributed by atoms with E-state index in [4.69, 9.17) is 5.73 Å². The number of nitrogens with zero attached hydrogens (tertiary/aromatic N) is 3. The largest absolute Gasteiger partial charge is 0.396 e. The molecular formula is C11H12N4O2. The molecule has 2 aromatic rings. The van der Waals surface area contributed by atoms with Crippen molar-refractivity contribution in [3.63, 3.8) is 0 Å². The Morgan fingerprint density at radius 2 is 2.18 bits per heavy atom. The van der Waals surface area contributed by atoms with Crippen LogP contribution in [-0.2, 0) is 7.05 Å². The molecule has 0 aliphatic carbocycles. The molecular weight excluding hydrogens is 220 g/mol. The number of hydrogen-bond acceptors (Lipinski definition) is 4. The second-order valence-electron chi connectivity index (χ2n) is 3.83. The average molecular weight is 232 g/mol. The third-order valence-corrected chi connectivity index (χ3v) is 2.65. The van der Waals surface area contributed by atoms with Gasteiger partial charge in [0.2, 0.25) is 0 Å². The maximum Gasteiger partial charge on any atom is 0.270 e. The number of benzene rings is 1. The van der Waals surface area contributed by atoms with Crippen molar-refractivity contribution in [2.75, 3.05) is 5.73 Å². The van der Waals surface area contributed by atoms with E-state index in [9.17, 15) is 10.1 Å². The molecule has 0 saturated carbocycles. The van der Waals surface area contributed by atoms with E-state index < -0.39 is 4.92 Å². The number of aryl methyl sites for hydroxylation is 2. The first-order valence-electron chi connectivity index (χ1n) is 5.03. The molecule has 1 aromatic heterocycles. The lowest BCUT2D eigenvalue weighted by molar-refractivity contribution is -0.384. The van der Waals surface area contributed by atoms with Crippen LogP contribution in [0, 0.1) is 17.0 Å². The first kappa shape index (κ1) is 11.1. The summed E-state index contributed by atoms with van der Waals surface area (Å²) in [5.41, 5.74) is 8.73. The van der Waals surface area contributed by atoms with Gasteiger partial charge in [-0.25, -0.2) is 0 Å². The van der Waals surface area contributed by atoms with Crippen LogP contribution >= 0.6 is 0 Å². The number of aromatic nitrogens is 2. The van der Waals surface area contributed by atoms with Gasteiger partial charge >= 0.3 is 0 Å². The normalized spacial score (nSPS) is 10.5. The summed E-state index contributed by atoms with van der Waals surface area (Å²) in [4.78, 5) is 10.3. The Morgan fingerprint density at radius 3 is 2.71 bits per heavy atom. The van der Waals surface area contributed by atoms with Crippen molar-refractivity contribution < 1.29 is 4.92 Å². The summed E-state index contributed by atoms with van der Waals surface area (Å²) in [5, 5.41) is 14.8. The van der Waals surface area contributed by atoms with Crippen LogP contribution in [0.2, 0.25) is 0 Å². The Hall–Kier alpha value is -2.37. The first-order chi connectivity index (χ1) is 8.00. The highest BCUT2D eigenvalue weighted by Gasteiger charge is 2.15. The lowest BCUT2D eigenvalue weighted by Crippen LogP contribution is -1.98. The fourth-order valence-corrected chi connectivity index (χ4v) is 1.76. The molecule has 6 nitrogen and oxygen atoms in total. The third-order valence-electron chi connectivity index (χ3n) is 2.65. The third kappa shape index (κ3) is 1.84. The number of non-ortho nitro benzene ring substituents is 1. The molecule has 1 aromatic carbocycles. The minimum Gasteiger partial charge on any atom is -0.396 e. The number of nitro groups is 1. The van der Waals surface area contributed by atoms with Crippen molar-refractivity contribution in [2.45, 2.75) is 6.92 Å². The fraction of sp³-hybridized carbons (Fsp3) is 0.182. The molecule has 0 radical (unpaired) electrons. The number of nitro benzene ring substituents is 1. The first-order valence-corrected chi connectivity index (χ1v) is 5.03. The highest BCUT2D eigenvalue weighted by Crippen LogP contribution is 2.30. The van der Waals surface area contributed by atoms with Crippen LogP contribution in [0.4, 0.5) is 11.4 Å². The summed E-state index contributed by atoms with van der Waals surface area (Å²) >= 11 is 0. The molecule has 2 N–H and O–H groups in total. The molecule has 0 bridgehead atoms. The van der Waals surface area contributed by atoms with Crippen molar-refractivity contribution in [3.8, 4) is 11.3 Å². The van der Waals surface area contributed by atoms with Crippen LogP contribution < -0.4 is 5.73 Å². The average Bonchev–Trinajstić information content (AvgIpc) is 2.59. The van der Waals surface area contributed by atoms with Crippen molar-refractivity contribution in [1.29, 1.82) is 0 Å². The Morgan fingerprint density at radius 1 is 1.47 bits per heavy atom. The molecule has 0 amide bonds. The monoisotopic (exact) mass is 232 g/mol. The highest BCUT2D eigenvalue weighted by atomic mass is 16.6. The summed E-state index contributed by atoms with van der Waals surface area (Å²) in [6, 6.07) is 4.70. The quantitative estimate of drug-likeness (QED) is 0.632. The summed E-state index contributed by atoms with van der Waals surface area (Å²) in [6.07, 6.45) is 1.54. The van der Waals surface area contributed by atoms with Gasteiger partial charge in [-0.05, 0) is 12.5 Å². The Labute approximate surface area is 97.8 Å². The van der Waals surface area contributed by atoms with Crippen LogP contribution in [0.1, 0.15) is 5.56 Å². The van der Waals surface area contributed by atoms with Gasteiger partial charge in [-0.15, -0.1) is 0 Å². The van der Waals surface area contributed by atoms with Gasteiger partial charge < -0.3 is 5.73 Å². The molecule has 0 spiro atoms. The van der Waals surface area contributed by atoms with E-state index in [0.717, 1.165) is 11.1 Å². The molecule has 0 aliphatic heterocycles. The topological polar surface area (TPSA) is 87.0 Å². The second-order valence-corrected chi connectivity index (χ2v) is 3.83. The molecule has 0 fully saturated rings. The zero-order chi connectivity index (χ0) is 12.6. The molecule has 6 heteroatoms. The van der Waals surface area contributed by atoms with Gasteiger partial charge in [-0.1, -0.05) is 6.07 Å². The molecule has 2 rings (SSSR count). The van der Waals surface area contributed by atoms with Crippen LogP contribution in [0.3, 0.4) is 0 Å². The van der Waals surface area contributed by atoms with Gasteiger partial charge in [0.05, 0.1) is 22.5 Å². The summed E-state index contributed by atoms with van der Waals surface area (Å²) in [5.74, 6) is 0. The second kappa shape index (κ2) is 3.89. The van der Waals surface area contributed by atoms with Gasteiger partial charge in [0, 0.05) is 24.7 Å². The highest BCUT2D eigenvalue weighted by molar-refractivity contribution is 5.76. The Kier molecular flexibility index (Phi) is 2.55. The minimum absolute atomic E-state index is 0.0474. The van der Waals surface area contributed by atoms with Crippen LogP contribution in [0.25, 0.3) is 11.3 Å². The smallest absolute Gasteiger partial charge is 0.270 e. The molecule has 88 valence electrons. The van der Waals surface area contributed by atoms with Gasteiger partial charge in [0.15, 0.2) is 0 Å². The van der Waals surface area contributed by atoms with Crippen molar-refractivity contribution in [2.24, 2.45) is 7.05 Å². The fourth-order valence-electron chi connectivity index (χ4n) is 1.76. The van der Waals surface area contributed by atoms with E-state index in [1.54, 1.807) is 17.8 Å². The van der Waals surface area contributed by atoms with Crippen molar-refractivity contribution >= 4 is 11.4 Å². The van der Waals surface area contributed by atoms with Crippen molar-refractivity contribution in [3.05, 3.63) is 40.1 Å². The lowest BCUT2D eigenvalue weighted by Gasteiger charge is -2.07. The van der Waals surface area contributed by atoms with Gasteiger partial charge in [0.25, 0.3) is 5.69 Å². The minimum atomic E-state index is -0.421. The summed E-state index contributed by atoms with van der Waals surface area (Å²) in [7, 11) is 1.75. The number of anilines is 1. The summed E-state index contributed by atoms with van der Waals surface area (Å²) < 4.78 is 1.61. The SMILES string of the molecule is Cc1ccc([N+](=O)[O-])cc1-c1c(N)cnn1C. The maximum atomic E-state index is 10.8. The predicted octanol–water partition coefficient (Wildman–Crippen LogP) is 1.89. The zero-order valence-corrected chi connectivity index (χ0v) is 9.54. The van der Waals surface area contributed by atoms with Crippen molar-refractivity contribution in [1.82, 2.24) is 9.78 Å². The van der Waals surface area contributed by atoms with Gasteiger partial charge in [-0.2, -0.15) is 5.10 Å². The van der Waals surface area contributed by atoms with E-state index >= 15 is 0 Å². The van der Waals surface area contributed by atoms with Gasteiger partial charge in [-0.3, -0.25) is 14.8 Å². The van der Waals surface area contributed by atoms with E-state index in [-0.39, 0.29) is 5.69 Å². The number of rotatable bonds is 2. The number of nitrogens with two attached hydrogens (primary N) is 1. The zero-order valence-electron chi connectivity index (χ0n) is 9.54. The number of hydrogen-bond donors (Lipinski definition) is 1. The number of nitrogen functional groups attached to an aromatic ring is 1. The molecule has 0 saturated heterocycles. The lowest BCUT2D eigenvalue weighted by atomic mass is 10.0. The van der Waals surface area contributed by atoms with Crippen LogP contribution in [0.15, 0.2) is 24.4 Å².